The van der Waals surface area contributed by atoms with Gasteiger partial charge in [-0.3, -0.25) is 0 Å². The predicted octanol–water partition coefficient (Wildman–Crippen LogP) is -1.93. The highest BCUT2D eigenvalue weighted by molar-refractivity contribution is 4.90. The van der Waals surface area contributed by atoms with Crippen molar-refractivity contribution in [1.82, 2.24) is 0 Å². The zero-order valence-electron chi connectivity index (χ0n) is 10.8. The van der Waals surface area contributed by atoms with Gasteiger partial charge >= 0.3 is 0 Å². The Labute approximate surface area is 111 Å². The van der Waals surface area contributed by atoms with Crippen molar-refractivity contribution < 1.29 is 29.9 Å². The average molecular weight is 277 g/mol. The van der Waals surface area contributed by atoms with E-state index < -0.39 is 37.3 Å². The first-order valence-corrected chi connectivity index (χ1v) is 6.76. The molecule has 0 bridgehead atoms. The van der Waals surface area contributed by atoms with Crippen molar-refractivity contribution in [1.29, 1.82) is 0 Å². The molecule has 2 aliphatic rings. The van der Waals surface area contributed by atoms with Gasteiger partial charge in [-0.1, -0.05) is 12.8 Å². The largest absolute Gasteiger partial charge is 0.394 e. The van der Waals surface area contributed by atoms with Gasteiger partial charge in [0.25, 0.3) is 0 Å². The maximum absolute atomic E-state index is 9.86. The lowest BCUT2D eigenvalue weighted by molar-refractivity contribution is -0.314. The van der Waals surface area contributed by atoms with Crippen molar-refractivity contribution in [3.05, 3.63) is 0 Å². The predicted molar refractivity (Wildman–Crippen MR) is 65.1 cm³/mol. The Hall–Kier alpha value is -0.280. The maximum Gasteiger partial charge on any atom is 0.187 e. The van der Waals surface area contributed by atoms with Gasteiger partial charge in [-0.15, -0.1) is 0 Å². The summed E-state index contributed by atoms with van der Waals surface area (Å²) in [7, 11) is 0. The maximum atomic E-state index is 9.86. The fourth-order valence-electron chi connectivity index (χ4n) is 2.65. The number of nitrogens with two attached hydrogens (primary N) is 1. The van der Waals surface area contributed by atoms with Crippen LogP contribution in [0.4, 0.5) is 0 Å². The molecule has 7 nitrogen and oxygen atoms in total. The van der Waals surface area contributed by atoms with Crippen LogP contribution >= 0.6 is 0 Å². The summed E-state index contributed by atoms with van der Waals surface area (Å²) in [5.41, 5.74) is 5.95. The van der Waals surface area contributed by atoms with Crippen LogP contribution in [0.1, 0.15) is 25.7 Å². The minimum Gasteiger partial charge on any atom is -0.394 e. The van der Waals surface area contributed by atoms with Crippen LogP contribution in [0, 0.1) is 0 Å². The highest BCUT2D eigenvalue weighted by Crippen LogP contribution is 2.27. The number of aliphatic hydroxyl groups excluding tert-OH is 4. The SMILES string of the molecule is N[C@H]1CCCC[C@@H]1O[C@@H]1O[C@@H](CO)[C@H](O)[C@@H](O)[C@@H]1O. The molecule has 7 heteroatoms. The minimum absolute atomic E-state index is 0.124. The highest BCUT2D eigenvalue weighted by atomic mass is 16.7. The van der Waals surface area contributed by atoms with Crippen LogP contribution in [0.2, 0.25) is 0 Å². The van der Waals surface area contributed by atoms with E-state index >= 15 is 0 Å². The van der Waals surface area contributed by atoms with Crippen LogP contribution in [0.15, 0.2) is 0 Å². The standard InChI is InChI=1S/C12H23NO6/c13-6-3-1-2-4-7(6)18-12-11(17)10(16)9(15)8(5-14)19-12/h6-12,14-17H,1-5,13H2/t6-,7-,8-,9-,10+,11-,12+/m0/s1. The van der Waals surface area contributed by atoms with E-state index in [2.05, 4.69) is 0 Å². The lowest BCUT2D eigenvalue weighted by Gasteiger charge is -2.42. The van der Waals surface area contributed by atoms with E-state index in [-0.39, 0.29) is 12.1 Å². The summed E-state index contributed by atoms with van der Waals surface area (Å²) in [5.74, 6) is 0. The van der Waals surface area contributed by atoms with Crippen molar-refractivity contribution in [2.75, 3.05) is 6.61 Å². The molecule has 1 saturated carbocycles. The van der Waals surface area contributed by atoms with Crippen molar-refractivity contribution in [3.63, 3.8) is 0 Å². The Bertz CT molecular complexity index is 289. The second-order valence-electron chi connectivity index (χ2n) is 5.32. The van der Waals surface area contributed by atoms with E-state index in [1.54, 1.807) is 0 Å². The number of hydrogen-bond acceptors (Lipinski definition) is 7. The molecule has 2 fully saturated rings. The summed E-state index contributed by atoms with van der Waals surface area (Å²) in [6.45, 7) is -0.457. The summed E-state index contributed by atoms with van der Waals surface area (Å²) in [5, 5.41) is 38.3. The molecule has 0 unspecified atom stereocenters. The van der Waals surface area contributed by atoms with Crippen LogP contribution in [0.5, 0.6) is 0 Å². The van der Waals surface area contributed by atoms with E-state index in [0.717, 1.165) is 25.7 Å². The zero-order valence-corrected chi connectivity index (χ0v) is 10.8. The number of ether oxygens (including phenoxy) is 2. The lowest BCUT2D eigenvalue weighted by Crippen LogP contribution is -2.60. The van der Waals surface area contributed by atoms with Gasteiger partial charge in [0.1, 0.15) is 24.4 Å². The minimum atomic E-state index is -1.41. The smallest absolute Gasteiger partial charge is 0.187 e. The zero-order chi connectivity index (χ0) is 14.0. The molecule has 1 saturated heterocycles. The Morgan fingerprint density at radius 3 is 2.37 bits per heavy atom. The summed E-state index contributed by atoms with van der Waals surface area (Å²) in [4.78, 5) is 0. The Balaban J connectivity index is 1.98. The third-order valence-corrected chi connectivity index (χ3v) is 3.91. The summed E-state index contributed by atoms with van der Waals surface area (Å²) in [6, 6.07) is -0.124. The molecule has 0 aromatic rings. The third-order valence-electron chi connectivity index (χ3n) is 3.91. The molecule has 2 rings (SSSR count). The van der Waals surface area contributed by atoms with Gasteiger partial charge in [0.05, 0.1) is 12.7 Å². The van der Waals surface area contributed by atoms with Crippen LogP contribution in [0.3, 0.4) is 0 Å². The van der Waals surface area contributed by atoms with Gasteiger partial charge in [0.2, 0.25) is 0 Å². The molecule has 0 spiro atoms. The van der Waals surface area contributed by atoms with Crippen molar-refractivity contribution in [2.45, 2.75) is 68.5 Å². The topological polar surface area (TPSA) is 125 Å². The van der Waals surface area contributed by atoms with Gasteiger partial charge in [0.15, 0.2) is 6.29 Å². The molecule has 19 heavy (non-hydrogen) atoms. The van der Waals surface area contributed by atoms with Gasteiger partial charge < -0.3 is 35.6 Å². The fourth-order valence-corrected chi connectivity index (χ4v) is 2.65. The molecule has 112 valence electrons. The molecule has 0 radical (unpaired) electrons. The molecule has 1 aliphatic carbocycles. The van der Waals surface area contributed by atoms with Gasteiger partial charge in [-0.25, -0.2) is 0 Å². The van der Waals surface area contributed by atoms with E-state index in [0.29, 0.717) is 0 Å². The second-order valence-corrected chi connectivity index (χ2v) is 5.32. The van der Waals surface area contributed by atoms with E-state index in [9.17, 15) is 15.3 Å². The number of aliphatic hydroxyl groups is 4. The monoisotopic (exact) mass is 277 g/mol. The Morgan fingerprint density at radius 1 is 1.05 bits per heavy atom. The van der Waals surface area contributed by atoms with E-state index in [4.69, 9.17) is 20.3 Å². The molecular formula is C12H23NO6. The normalized spacial score (nSPS) is 48.2. The fraction of sp³-hybridized carbons (Fsp3) is 1.00. The summed E-state index contributed by atoms with van der Waals surface area (Å²) < 4.78 is 10.9. The first-order chi connectivity index (χ1) is 9.04. The molecule has 1 aliphatic heterocycles. The molecule has 1 heterocycles. The van der Waals surface area contributed by atoms with Crippen LogP contribution in [-0.2, 0) is 9.47 Å². The lowest BCUT2D eigenvalue weighted by atomic mass is 9.93. The molecule has 6 N–H and O–H groups in total. The second kappa shape index (κ2) is 6.45. The van der Waals surface area contributed by atoms with Crippen molar-refractivity contribution in [3.8, 4) is 0 Å². The summed E-state index contributed by atoms with van der Waals surface area (Å²) in [6.07, 6.45) is -2.71. The van der Waals surface area contributed by atoms with Crippen molar-refractivity contribution in [2.24, 2.45) is 5.73 Å². The molecule has 0 aromatic heterocycles. The molecular weight excluding hydrogens is 254 g/mol. The van der Waals surface area contributed by atoms with Crippen LogP contribution in [-0.4, -0.2) is 69.9 Å². The van der Waals surface area contributed by atoms with E-state index in [1.165, 1.54) is 0 Å². The molecule has 0 aromatic carbocycles. The van der Waals surface area contributed by atoms with Crippen molar-refractivity contribution >= 4 is 0 Å². The Morgan fingerprint density at radius 2 is 1.74 bits per heavy atom. The first-order valence-electron chi connectivity index (χ1n) is 6.76. The average Bonchev–Trinajstić information content (AvgIpc) is 2.41. The number of rotatable bonds is 3. The van der Waals surface area contributed by atoms with Gasteiger partial charge in [-0.05, 0) is 12.8 Å². The Kier molecular flexibility index (Phi) is 5.13. The van der Waals surface area contributed by atoms with Gasteiger partial charge in [-0.2, -0.15) is 0 Å². The van der Waals surface area contributed by atoms with Gasteiger partial charge in [0, 0.05) is 6.04 Å². The van der Waals surface area contributed by atoms with Crippen LogP contribution < -0.4 is 5.73 Å². The number of hydrogen-bond donors (Lipinski definition) is 5. The summed E-state index contributed by atoms with van der Waals surface area (Å²) >= 11 is 0. The first kappa shape index (κ1) is 15.1. The van der Waals surface area contributed by atoms with E-state index in [1.807, 2.05) is 0 Å². The quantitative estimate of drug-likeness (QED) is 0.407. The van der Waals surface area contributed by atoms with Crippen LogP contribution in [0.25, 0.3) is 0 Å². The highest BCUT2D eigenvalue weighted by Gasteiger charge is 2.45. The molecule has 0 amide bonds. The third kappa shape index (κ3) is 3.25. The molecule has 7 atom stereocenters.